The van der Waals surface area contributed by atoms with Gasteiger partial charge in [-0.1, -0.05) is 6.92 Å². The van der Waals surface area contributed by atoms with E-state index in [4.69, 9.17) is 4.74 Å². The van der Waals surface area contributed by atoms with E-state index in [1.807, 2.05) is 20.8 Å². The molecule has 0 bridgehead atoms. The van der Waals surface area contributed by atoms with E-state index in [9.17, 15) is 8.42 Å². The van der Waals surface area contributed by atoms with Crippen LogP contribution in [0.5, 0.6) is 0 Å². The Morgan fingerprint density at radius 1 is 1.11 bits per heavy atom. The molecule has 0 heterocycles. The first-order chi connectivity index (χ1) is 8.83. The molecule has 0 atom stereocenters. The van der Waals surface area contributed by atoms with E-state index in [0.717, 1.165) is 25.9 Å². The molecule has 0 fully saturated rings. The van der Waals surface area contributed by atoms with Crippen LogP contribution < -0.4 is 10.0 Å². The average Bonchev–Trinajstić information content (AvgIpc) is 2.32. The molecule has 5 nitrogen and oxygen atoms in total. The maximum absolute atomic E-state index is 11.8. The number of sulfonamides is 1. The van der Waals surface area contributed by atoms with Crippen molar-refractivity contribution in [3.8, 4) is 0 Å². The van der Waals surface area contributed by atoms with Crippen LogP contribution >= 0.6 is 0 Å². The maximum atomic E-state index is 11.8. The molecule has 116 valence electrons. The zero-order valence-corrected chi connectivity index (χ0v) is 13.6. The van der Waals surface area contributed by atoms with Crippen LogP contribution in [0, 0.1) is 0 Å². The van der Waals surface area contributed by atoms with Crippen molar-refractivity contribution in [2.45, 2.75) is 52.6 Å². The number of nitrogens with one attached hydrogen (secondary N) is 2. The van der Waals surface area contributed by atoms with Gasteiger partial charge in [0.25, 0.3) is 0 Å². The quantitative estimate of drug-likeness (QED) is 0.535. The van der Waals surface area contributed by atoms with Gasteiger partial charge < -0.3 is 10.1 Å². The Balaban J connectivity index is 3.80. The van der Waals surface area contributed by atoms with Gasteiger partial charge in [0.15, 0.2) is 0 Å². The third-order valence-corrected chi connectivity index (χ3v) is 4.11. The highest BCUT2D eigenvalue weighted by Gasteiger charge is 2.20. The first-order valence-electron chi connectivity index (χ1n) is 7.15. The molecular weight excluding hydrogens is 264 g/mol. The number of hydrogen-bond acceptors (Lipinski definition) is 4. The monoisotopic (exact) mass is 294 g/mol. The zero-order chi connectivity index (χ0) is 14.8. The van der Waals surface area contributed by atoms with Gasteiger partial charge in [-0.3, -0.25) is 0 Å². The Bertz CT molecular complexity index is 316. The molecule has 0 rings (SSSR count). The van der Waals surface area contributed by atoms with Crippen molar-refractivity contribution < 1.29 is 13.2 Å². The summed E-state index contributed by atoms with van der Waals surface area (Å²) in [7, 11) is -3.18. The molecule has 0 aromatic carbocycles. The third-order valence-electron chi connectivity index (χ3n) is 2.70. The number of hydrogen-bond donors (Lipinski definition) is 2. The molecule has 19 heavy (non-hydrogen) atoms. The van der Waals surface area contributed by atoms with Crippen molar-refractivity contribution in [1.82, 2.24) is 10.0 Å². The second-order valence-corrected chi connectivity index (χ2v) is 7.22. The van der Waals surface area contributed by atoms with E-state index in [2.05, 4.69) is 17.0 Å². The second kappa shape index (κ2) is 9.69. The van der Waals surface area contributed by atoms with E-state index in [0.29, 0.717) is 19.6 Å². The summed E-state index contributed by atoms with van der Waals surface area (Å²) in [6, 6.07) is 0. The maximum Gasteiger partial charge on any atom is 0.211 e. The van der Waals surface area contributed by atoms with Gasteiger partial charge in [0.2, 0.25) is 10.0 Å². The molecular formula is C13H30N2O3S. The van der Waals surface area contributed by atoms with Crippen molar-refractivity contribution in [1.29, 1.82) is 0 Å². The summed E-state index contributed by atoms with van der Waals surface area (Å²) >= 11 is 0. The number of unbranched alkanes of at least 4 members (excludes halogenated alkanes) is 1. The van der Waals surface area contributed by atoms with Crippen LogP contribution in [0.3, 0.4) is 0 Å². The third kappa shape index (κ3) is 11.4. The fraction of sp³-hybridized carbons (Fsp3) is 1.00. The largest absolute Gasteiger partial charge is 0.375 e. The molecule has 0 aliphatic heterocycles. The van der Waals surface area contributed by atoms with Gasteiger partial charge in [0.05, 0.1) is 11.4 Å². The van der Waals surface area contributed by atoms with Gasteiger partial charge in [-0.2, -0.15) is 0 Å². The van der Waals surface area contributed by atoms with Crippen LogP contribution in [0.2, 0.25) is 0 Å². The molecule has 0 saturated heterocycles. The predicted octanol–water partition coefficient (Wildman–Crippen LogP) is 1.50. The summed E-state index contributed by atoms with van der Waals surface area (Å²) in [6.45, 7) is 10.6. The van der Waals surface area contributed by atoms with E-state index in [1.165, 1.54) is 0 Å². The Morgan fingerprint density at radius 3 is 2.37 bits per heavy atom. The average molecular weight is 294 g/mol. The molecule has 0 unspecified atom stereocenters. The lowest BCUT2D eigenvalue weighted by Gasteiger charge is -2.24. The molecule has 0 aromatic heterocycles. The molecule has 0 radical (unpaired) electrons. The normalized spacial score (nSPS) is 12.8. The highest BCUT2D eigenvalue weighted by molar-refractivity contribution is 7.89. The van der Waals surface area contributed by atoms with Gasteiger partial charge in [0, 0.05) is 13.2 Å². The van der Waals surface area contributed by atoms with Crippen LogP contribution in [0.1, 0.15) is 47.0 Å². The molecule has 0 amide bonds. The summed E-state index contributed by atoms with van der Waals surface area (Å²) in [5, 5.41) is 3.26. The SMILES string of the molecule is CCCNCCCCS(=O)(=O)NCC(C)(C)OCC. The Labute approximate surface area is 118 Å². The van der Waals surface area contributed by atoms with Gasteiger partial charge in [-0.25, -0.2) is 13.1 Å². The smallest absolute Gasteiger partial charge is 0.211 e. The van der Waals surface area contributed by atoms with Gasteiger partial charge in [0.1, 0.15) is 0 Å². The van der Waals surface area contributed by atoms with Crippen molar-refractivity contribution in [2.24, 2.45) is 0 Å². The second-order valence-electron chi connectivity index (χ2n) is 5.29. The minimum absolute atomic E-state index is 0.184. The van der Waals surface area contributed by atoms with Crippen LogP contribution in [0.4, 0.5) is 0 Å². The Morgan fingerprint density at radius 2 is 1.79 bits per heavy atom. The molecule has 6 heteroatoms. The van der Waals surface area contributed by atoms with E-state index in [-0.39, 0.29) is 5.75 Å². The van der Waals surface area contributed by atoms with Gasteiger partial charge >= 0.3 is 0 Å². The molecule has 0 spiro atoms. The fourth-order valence-electron chi connectivity index (χ4n) is 1.64. The minimum Gasteiger partial charge on any atom is -0.375 e. The molecule has 0 aliphatic rings. The van der Waals surface area contributed by atoms with Crippen LogP contribution in [0.15, 0.2) is 0 Å². The summed E-state index contributed by atoms with van der Waals surface area (Å²) in [5.74, 6) is 0.184. The van der Waals surface area contributed by atoms with Gasteiger partial charge in [-0.15, -0.1) is 0 Å². The lowest BCUT2D eigenvalue weighted by Crippen LogP contribution is -2.41. The molecule has 0 aromatic rings. The Kier molecular flexibility index (Phi) is 9.60. The summed E-state index contributed by atoms with van der Waals surface area (Å²) in [5.41, 5.74) is -0.454. The fourth-order valence-corrected chi connectivity index (χ4v) is 2.94. The topological polar surface area (TPSA) is 67.4 Å². The lowest BCUT2D eigenvalue weighted by molar-refractivity contribution is -0.00515. The Hall–Kier alpha value is -0.170. The number of ether oxygens (including phenoxy) is 1. The predicted molar refractivity (Wildman–Crippen MR) is 79.9 cm³/mol. The van der Waals surface area contributed by atoms with Crippen LogP contribution in [-0.4, -0.2) is 46.0 Å². The highest BCUT2D eigenvalue weighted by atomic mass is 32.2. The molecule has 0 aliphatic carbocycles. The summed E-state index contributed by atoms with van der Waals surface area (Å²) in [6.07, 6.45) is 2.67. The first-order valence-corrected chi connectivity index (χ1v) is 8.80. The van der Waals surface area contributed by atoms with E-state index >= 15 is 0 Å². The van der Waals surface area contributed by atoms with Crippen molar-refractivity contribution in [2.75, 3.05) is 32.0 Å². The standard InChI is InChI=1S/C13H30N2O3S/c1-5-9-14-10-7-8-11-19(16,17)15-12-13(3,4)18-6-2/h14-15H,5-12H2,1-4H3. The first kappa shape index (κ1) is 18.8. The van der Waals surface area contributed by atoms with Crippen molar-refractivity contribution >= 4 is 10.0 Å². The lowest BCUT2D eigenvalue weighted by atomic mass is 10.1. The number of rotatable bonds is 12. The van der Waals surface area contributed by atoms with E-state index in [1.54, 1.807) is 0 Å². The highest BCUT2D eigenvalue weighted by Crippen LogP contribution is 2.07. The van der Waals surface area contributed by atoms with Gasteiger partial charge in [-0.05, 0) is 53.1 Å². The zero-order valence-electron chi connectivity index (χ0n) is 12.8. The molecule has 2 N–H and O–H groups in total. The van der Waals surface area contributed by atoms with E-state index < -0.39 is 15.6 Å². The van der Waals surface area contributed by atoms with Crippen LogP contribution in [0.25, 0.3) is 0 Å². The minimum atomic E-state index is -3.18. The van der Waals surface area contributed by atoms with Crippen LogP contribution in [-0.2, 0) is 14.8 Å². The van der Waals surface area contributed by atoms with Crippen molar-refractivity contribution in [3.63, 3.8) is 0 Å². The molecule has 0 saturated carbocycles. The van der Waals surface area contributed by atoms with Crippen molar-refractivity contribution in [3.05, 3.63) is 0 Å². The summed E-state index contributed by atoms with van der Waals surface area (Å²) < 4.78 is 31.6. The summed E-state index contributed by atoms with van der Waals surface area (Å²) in [4.78, 5) is 0.